The number of aliphatic hydroxyl groups excluding tert-OH is 1. The monoisotopic (exact) mass is 211 g/mol. The number of fused-ring (bicyclic) bond motifs is 1. The van der Waals surface area contributed by atoms with Crippen molar-refractivity contribution in [3.8, 4) is 0 Å². The van der Waals surface area contributed by atoms with Gasteiger partial charge in [-0.3, -0.25) is 4.79 Å². The van der Waals surface area contributed by atoms with Crippen LogP contribution in [-0.2, 0) is 9.53 Å². The van der Waals surface area contributed by atoms with Crippen molar-refractivity contribution >= 4 is 5.91 Å². The van der Waals surface area contributed by atoms with Crippen LogP contribution in [0, 0.1) is 11.8 Å². The first kappa shape index (κ1) is 10.5. The van der Waals surface area contributed by atoms with Crippen LogP contribution in [0.4, 0.5) is 0 Å². The smallest absolute Gasteiger partial charge is 0.252 e. The molecule has 2 aliphatic heterocycles. The molecular formula is C11H17NO3. The Morgan fingerprint density at radius 1 is 1.67 bits per heavy atom. The Balaban J connectivity index is 2.26. The molecule has 2 aliphatic rings. The van der Waals surface area contributed by atoms with E-state index in [1.54, 1.807) is 11.9 Å². The lowest BCUT2D eigenvalue weighted by Gasteiger charge is -2.39. The molecule has 1 fully saturated rings. The highest BCUT2D eigenvalue weighted by atomic mass is 16.6. The molecule has 1 amide bonds. The molecule has 15 heavy (non-hydrogen) atoms. The van der Waals surface area contributed by atoms with Crippen molar-refractivity contribution in [2.45, 2.75) is 26.1 Å². The number of hydrogen-bond acceptors (Lipinski definition) is 3. The van der Waals surface area contributed by atoms with Gasteiger partial charge in [0.1, 0.15) is 0 Å². The average Bonchev–Trinajstić information content (AvgIpc) is 2.23. The van der Waals surface area contributed by atoms with Crippen molar-refractivity contribution in [1.82, 2.24) is 4.90 Å². The molecule has 1 N–H and O–H groups in total. The molecule has 0 aromatic heterocycles. The predicted octanol–water partition coefficient (Wildman–Crippen LogP) is 0.723. The summed E-state index contributed by atoms with van der Waals surface area (Å²) >= 11 is 0. The van der Waals surface area contributed by atoms with Crippen LogP contribution < -0.4 is 0 Å². The summed E-state index contributed by atoms with van der Waals surface area (Å²) in [5.74, 6) is 0.265. The molecule has 0 aliphatic carbocycles. The summed E-state index contributed by atoms with van der Waals surface area (Å²) in [6.45, 7) is 2.78. The van der Waals surface area contributed by atoms with E-state index in [2.05, 4.69) is 0 Å². The standard InChI is InChI=1S/C11H17NO3/c1-3-7-8-4-5-12(2)10(13)9(8)6-15-11(7)14/h6-8,11,14H,3-5H2,1-2H3/t7-,8+,11-/m1/s1. The summed E-state index contributed by atoms with van der Waals surface area (Å²) in [4.78, 5) is 13.5. The normalized spacial score (nSPS) is 35.7. The van der Waals surface area contributed by atoms with Crippen LogP contribution in [0.15, 0.2) is 11.8 Å². The lowest BCUT2D eigenvalue weighted by molar-refractivity contribution is -0.142. The number of likely N-dealkylation sites (N-methyl/N-ethyl adjacent to an activating group) is 1. The highest BCUT2D eigenvalue weighted by Crippen LogP contribution is 2.37. The quantitative estimate of drug-likeness (QED) is 0.695. The predicted molar refractivity (Wildman–Crippen MR) is 54.7 cm³/mol. The molecule has 3 atom stereocenters. The Labute approximate surface area is 89.5 Å². The Morgan fingerprint density at radius 2 is 2.40 bits per heavy atom. The van der Waals surface area contributed by atoms with Crippen LogP contribution in [0.5, 0.6) is 0 Å². The number of hydrogen-bond donors (Lipinski definition) is 1. The first-order valence-electron chi connectivity index (χ1n) is 5.44. The summed E-state index contributed by atoms with van der Waals surface area (Å²) in [5, 5.41) is 9.67. The number of rotatable bonds is 1. The van der Waals surface area contributed by atoms with Crippen LogP contribution in [0.25, 0.3) is 0 Å². The molecule has 84 valence electrons. The first-order chi connectivity index (χ1) is 7.15. The highest BCUT2D eigenvalue weighted by Gasteiger charge is 2.40. The maximum Gasteiger partial charge on any atom is 0.252 e. The molecular weight excluding hydrogens is 194 g/mol. The van der Waals surface area contributed by atoms with Gasteiger partial charge in [-0.05, 0) is 12.8 Å². The first-order valence-corrected chi connectivity index (χ1v) is 5.44. The average molecular weight is 211 g/mol. The van der Waals surface area contributed by atoms with Gasteiger partial charge in [-0.25, -0.2) is 0 Å². The van der Waals surface area contributed by atoms with E-state index in [4.69, 9.17) is 4.74 Å². The molecule has 4 heteroatoms. The molecule has 2 rings (SSSR count). The lowest BCUT2D eigenvalue weighted by atomic mass is 9.78. The maximum atomic E-state index is 11.8. The van der Waals surface area contributed by atoms with Gasteiger partial charge < -0.3 is 14.7 Å². The van der Waals surface area contributed by atoms with Crippen LogP contribution in [0.3, 0.4) is 0 Å². The number of nitrogens with zero attached hydrogens (tertiary/aromatic N) is 1. The van der Waals surface area contributed by atoms with E-state index in [-0.39, 0.29) is 17.7 Å². The summed E-state index contributed by atoms with van der Waals surface area (Å²) in [6, 6.07) is 0. The van der Waals surface area contributed by atoms with E-state index in [9.17, 15) is 9.90 Å². The van der Waals surface area contributed by atoms with E-state index >= 15 is 0 Å². The molecule has 0 unspecified atom stereocenters. The van der Waals surface area contributed by atoms with E-state index in [0.717, 1.165) is 25.0 Å². The number of likely N-dealkylation sites (tertiary alicyclic amines) is 1. The number of carbonyl (C=O) groups excluding carboxylic acids is 1. The van der Waals surface area contributed by atoms with Crippen molar-refractivity contribution < 1.29 is 14.6 Å². The Kier molecular flexibility index (Phi) is 2.69. The van der Waals surface area contributed by atoms with Crippen molar-refractivity contribution in [2.75, 3.05) is 13.6 Å². The Bertz CT molecular complexity index is 300. The van der Waals surface area contributed by atoms with Gasteiger partial charge in [-0.1, -0.05) is 6.92 Å². The number of carbonyl (C=O) groups is 1. The SMILES string of the molecule is CC[C@H]1[C@H](O)OC=C2C(=O)N(C)CC[C@H]21. The van der Waals surface area contributed by atoms with Crippen molar-refractivity contribution in [3.63, 3.8) is 0 Å². The zero-order valence-electron chi connectivity index (χ0n) is 9.14. The maximum absolute atomic E-state index is 11.8. The fourth-order valence-electron chi connectivity index (χ4n) is 2.48. The molecule has 2 heterocycles. The van der Waals surface area contributed by atoms with Crippen LogP contribution >= 0.6 is 0 Å². The van der Waals surface area contributed by atoms with Gasteiger partial charge in [-0.15, -0.1) is 0 Å². The van der Waals surface area contributed by atoms with Crippen molar-refractivity contribution in [1.29, 1.82) is 0 Å². The fraction of sp³-hybridized carbons (Fsp3) is 0.727. The molecule has 0 spiro atoms. The summed E-state index contributed by atoms with van der Waals surface area (Å²) in [7, 11) is 1.80. The topological polar surface area (TPSA) is 49.8 Å². The van der Waals surface area contributed by atoms with E-state index in [1.165, 1.54) is 6.26 Å². The largest absolute Gasteiger partial charge is 0.472 e. The van der Waals surface area contributed by atoms with Gasteiger partial charge in [0.2, 0.25) is 0 Å². The van der Waals surface area contributed by atoms with Crippen LogP contribution in [-0.4, -0.2) is 35.8 Å². The van der Waals surface area contributed by atoms with Gasteiger partial charge in [0.25, 0.3) is 5.91 Å². The van der Waals surface area contributed by atoms with Gasteiger partial charge in [0.05, 0.1) is 11.8 Å². The molecule has 4 nitrogen and oxygen atoms in total. The zero-order valence-corrected chi connectivity index (χ0v) is 9.14. The molecule has 0 radical (unpaired) electrons. The second kappa shape index (κ2) is 3.85. The third-order valence-electron chi connectivity index (χ3n) is 3.46. The minimum atomic E-state index is -0.750. The summed E-state index contributed by atoms with van der Waals surface area (Å²) in [6.07, 6.45) is 2.45. The third kappa shape index (κ3) is 1.63. The number of aliphatic hydroxyl groups is 1. The van der Waals surface area contributed by atoms with Crippen molar-refractivity contribution in [3.05, 3.63) is 11.8 Å². The van der Waals surface area contributed by atoms with Crippen LogP contribution in [0.1, 0.15) is 19.8 Å². The Hall–Kier alpha value is -1.03. The van der Waals surface area contributed by atoms with Gasteiger partial charge in [-0.2, -0.15) is 0 Å². The van der Waals surface area contributed by atoms with E-state index in [1.807, 2.05) is 6.92 Å². The second-order valence-electron chi connectivity index (χ2n) is 4.29. The Morgan fingerprint density at radius 3 is 3.07 bits per heavy atom. The van der Waals surface area contributed by atoms with Crippen LogP contribution in [0.2, 0.25) is 0 Å². The number of ether oxygens (including phenoxy) is 1. The summed E-state index contributed by atoms with van der Waals surface area (Å²) in [5.41, 5.74) is 0.723. The minimum absolute atomic E-state index is 0.0385. The van der Waals surface area contributed by atoms with Gasteiger partial charge in [0, 0.05) is 25.4 Å². The molecule has 0 aromatic carbocycles. The summed E-state index contributed by atoms with van der Waals surface area (Å²) < 4.78 is 5.12. The molecule has 0 saturated carbocycles. The highest BCUT2D eigenvalue weighted by molar-refractivity contribution is 5.94. The number of piperidine rings is 1. The lowest BCUT2D eigenvalue weighted by Crippen LogP contribution is -2.45. The van der Waals surface area contributed by atoms with Gasteiger partial charge >= 0.3 is 0 Å². The zero-order chi connectivity index (χ0) is 11.0. The third-order valence-corrected chi connectivity index (χ3v) is 3.46. The molecule has 1 saturated heterocycles. The van der Waals surface area contributed by atoms with E-state index in [0.29, 0.717) is 0 Å². The molecule has 0 bridgehead atoms. The fourth-order valence-corrected chi connectivity index (χ4v) is 2.48. The molecule has 0 aromatic rings. The minimum Gasteiger partial charge on any atom is -0.472 e. The number of amides is 1. The van der Waals surface area contributed by atoms with Crippen molar-refractivity contribution in [2.24, 2.45) is 11.8 Å². The second-order valence-corrected chi connectivity index (χ2v) is 4.29. The van der Waals surface area contributed by atoms with Gasteiger partial charge in [0.15, 0.2) is 6.29 Å². The van der Waals surface area contributed by atoms with E-state index < -0.39 is 6.29 Å².